The van der Waals surface area contributed by atoms with Crippen LogP contribution in [0.15, 0.2) is 51.4 Å². The Balaban J connectivity index is 2.24. The molecule has 3 rings (SSSR count). The fourth-order valence-electron chi connectivity index (χ4n) is 3.20. The summed E-state index contributed by atoms with van der Waals surface area (Å²) in [5, 5.41) is 24.6. The van der Waals surface area contributed by atoms with Gasteiger partial charge in [-0.05, 0) is 28.1 Å². The van der Waals surface area contributed by atoms with E-state index in [1.807, 2.05) is 0 Å². The highest BCUT2D eigenvalue weighted by atomic mass is 79.9. The molecule has 4 N–H and O–H groups in total. The molecule has 2 aromatic carbocycles. The smallest absolute Gasteiger partial charge is 0.437 e. The molecule has 2 amide bonds. The Morgan fingerprint density at radius 2 is 1.76 bits per heavy atom. The number of urea groups is 1. The van der Waals surface area contributed by atoms with E-state index in [1.54, 1.807) is 6.07 Å². The summed E-state index contributed by atoms with van der Waals surface area (Å²) in [6, 6.07) is 6.74. The van der Waals surface area contributed by atoms with Crippen molar-refractivity contribution in [3.8, 4) is 5.75 Å². The van der Waals surface area contributed by atoms with Crippen molar-refractivity contribution in [2.24, 2.45) is 5.92 Å². The van der Waals surface area contributed by atoms with Crippen LogP contribution in [0.5, 0.6) is 5.75 Å². The summed E-state index contributed by atoms with van der Waals surface area (Å²) in [7, 11) is 0. The number of aliphatic hydroxyl groups is 1. The second-order valence-electron chi connectivity index (χ2n) is 6.37. The Morgan fingerprint density at radius 1 is 1.14 bits per heavy atom. The van der Waals surface area contributed by atoms with Gasteiger partial charge in [-0.25, -0.2) is 4.79 Å². The van der Waals surface area contributed by atoms with Gasteiger partial charge in [0, 0.05) is 15.6 Å². The van der Waals surface area contributed by atoms with E-state index in [9.17, 15) is 33.0 Å². The number of alkyl halides is 3. The molecule has 0 aliphatic carbocycles. The molecule has 1 aliphatic heterocycles. The fourth-order valence-corrected chi connectivity index (χ4v) is 4.46. The Morgan fingerprint density at radius 3 is 2.34 bits per heavy atom. The standard InChI is InChI=1S/C18H13Br2F3N2O4/c19-9-6-10(15(27)11(20)7-9)13-12(14(26)8-4-2-1-3-5-8)17(29,18(21,22)23)25-16(28)24-13/h1-7,12-13,27,29H,(H2,24,25,28)/t12-,13+,17-/m0/s1. The van der Waals surface area contributed by atoms with Gasteiger partial charge in [0.1, 0.15) is 11.7 Å². The van der Waals surface area contributed by atoms with Crippen molar-refractivity contribution in [2.45, 2.75) is 17.9 Å². The monoisotopic (exact) mass is 536 g/mol. The summed E-state index contributed by atoms with van der Waals surface area (Å²) in [5.74, 6) is -3.77. The molecule has 1 saturated heterocycles. The van der Waals surface area contributed by atoms with Gasteiger partial charge in [0.25, 0.3) is 0 Å². The minimum Gasteiger partial charge on any atom is -0.506 e. The molecule has 11 heteroatoms. The van der Waals surface area contributed by atoms with E-state index < -0.39 is 41.4 Å². The average Bonchev–Trinajstić information content (AvgIpc) is 2.63. The summed E-state index contributed by atoms with van der Waals surface area (Å²) in [4.78, 5) is 25.1. The van der Waals surface area contributed by atoms with Gasteiger partial charge in [-0.1, -0.05) is 46.3 Å². The van der Waals surface area contributed by atoms with Gasteiger partial charge in [-0.2, -0.15) is 13.2 Å². The van der Waals surface area contributed by atoms with Crippen LogP contribution in [0.25, 0.3) is 0 Å². The van der Waals surface area contributed by atoms with Gasteiger partial charge in [0.15, 0.2) is 5.78 Å². The zero-order chi connectivity index (χ0) is 21.6. The van der Waals surface area contributed by atoms with Gasteiger partial charge < -0.3 is 20.8 Å². The van der Waals surface area contributed by atoms with Gasteiger partial charge in [-0.15, -0.1) is 0 Å². The number of nitrogens with one attached hydrogen (secondary N) is 2. The van der Waals surface area contributed by atoms with E-state index in [4.69, 9.17) is 0 Å². The summed E-state index contributed by atoms with van der Waals surface area (Å²) in [6.07, 6.45) is -5.38. The second-order valence-corrected chi connectivity index (χ2v) is 8.14. The van der Waals surface area contributed by atoms with Crippen LogP contribution < -0.4 is 10.6 Å². The van der Waals surface area contributed by atoms with Crippen molar-refractivity contribution in [2.75, 3.05) is 0 Å². The Hall–Kier alpha value is -2.11. The van der Waals surface area contributed by atoms with Crippen molar-refractivity contribution in [1.82, 2.24) is 10.6 Å². The number of phenols is 1. The summed E-state index contributed by atoms with van der Waals surface area (Å²) >= 11 is 6.23. The van der Waals surface area contributed by atoms with E-state index in [2.05, 4.69) is 37.2 Å². The van der Waals surface area contributed by atoms with E-state index in [0.29, 0.717) is 4.47 Å². The zero-order valence-corrected chi connectivity index (χ0v) is 17.5. The minimum atomic E-state index is -5.38. The van der Waals surface area contributed by atoms with E-state index in [1.165, 1.54) is 41.7 Å². The Kier molecular flexibility index (Phi) is 5.67. The number of amides is 2. The van der Waals surface area contributed by atoms with Crippen molar-refractivity contribution >= 4 is 43.7 Å². The first kappa shape index (κ1) is 21.6. The number of aromatic hydroxyl groups is 1. The van der Waals surface area contributed by atoms with E-state index in [-0.39, 0.29) is 15.6 Å². The Labute approximate surface area is 179 Å². The van der Waals surface area contributed by atoms with Crippen molar-refractivity contribution in [3.05, 3.63) is 62.5 Å². The molecule has 6 nitrogen and oxygen atoms in total. The molecule has 29 heavy (non-hydrogen) atoms. The molecule has 2 aromatic rings. The highest BCUT2D eigenvalue weighted by Gasteiger charge is 2.66. The predicted octanol–water partition coefficient (Wildman–Crippen LogP) is 4.02. The summed E-state index contributed by atoms with van der Waals surface area (Å²) < 4.78 is 42.0. The highest BCUT2D eigenvalue weighted by molar-refractivity contribution is 9.11. The molecule has 0 aromatic heterocycles. The summed E-state index contributed by atoms with van der Waals surface area (Å²) in [5.41, 5.74) is -4.15. The lowest BCUT2D eigenvalue weighted by Crippen LogP contribution is -2.72. The molecule has 0 bridgehead atoms. The van der Waals surface area contributed by atoms with Crippen LogP contribution in [0.3, 0.4) is 0 Å². The van der Waals surface area contributed by atoms with Gasteiger partial charge in [0.05, 0.1) is 10.5 Å². The normalized spacial score (nSPS) is 24.6. The van der Waals surface area contributed by atoms with Crippen LogP contribution in [0.2, 0.25) is 0 Å². The van der Waals surface area contributed by atoms with Crippen LogP contribution in [-0.2, 0) is 0 Å². The maximum Gasteiger partial charge on any atom is 0.437 e. The fraction of sp³-hybridized carbons (Fsp3) is 0.222. The summed E-state index contributed by atoms with van der Waals surface area (Å²) in [6.45, 7) is 0. The number of ketones is 1. The van der Waals surface area contributed by atoms with Crippen molar-refractivity contribution in [1.29, 1.82) is 0 Å². The first-order valence-electron chi connectivity index (χ1n) is 8.10. The molecule has 1 fully saturated rings. The zero-order valence-electron chi connectivity index (χ0n) is 14.3. The average molecular weight is 538 g/mol. The third-order valence-corrected chi connectivity index (χ3v) is 5.60. The SMILES string of the molecule is O=C1N[C@H](c2cc(Br)cc(Br)c2O)[C@@H](C(=O)c2ccccc2)[C@](O)(C(F)(F)F)N1. The first-order valence-corrected chi connectivity index (χ1v) is 9.69. The van der Waals surface area contributed by atoms with Crippen LogP contribution in [0, 0.1) is 5.92 Å². The number of benzene rings is 2. The predicted molar refractivity (Wildman–Crippen MR) is 103 cm³/mol. The van der Waals surface area contributed by atoms with Crippen LogP contribution in [0.4, 0.5) is 18.0 Å². The molecule has 0 unspecified atom stereocenters. The quantitative estimate of drug-likeness (QED) is 0.444. The van der Waals surface area contributed by atoms with Gasteiger partial charge in [0.2, 0.25) is 5.72 Å². The van der Waals surface area contributed by atoms with Crippen LogP contribution in [0.1, 0.15) is 22.0 Å². The molecule has 154 valence electrons. The molecule has 0 spiro atoms. The lowest BCUT2D eigenvalue weighted by Gasteiger charge is -2.45. The van der Waals surface area contributed by atoms with Crippen molar-refractivity contribution < 1.29 is 33.0 Å². The first-order chi connectivity index (χ1) is 13.5. The Bertz CT molecular complexity index is 972. The lowest BCUT2D eigenvalue weighted by molar-refractivity contribution is -0.287. The number of carbonyl (C=O) groups is 2. The number of phenolic OH excluding ortho intramolecular Hbond substituents is 1. The second kappa shape index (κ2) is 7.62. The minimum absolute atomic E-state index is 0.100. The molecule has 1 aliphatic rings. The van der Waals surface area contributed by atoms with Crippen LogP contribution in [-0.4, -0.2) is 33.9 Å². The number of rotatable bonds is 3. The number of halogens is 5. The third kappa shape index (κ3) is 3.86. The van der Waals surface area contributed by atoms with Gasteiger partial charge in [-0.3, -0.25) is 4.79 Å². The molecular formula is C18H13Br2F3N2O4. The topological polar surface area (TPSA) is 98.7 Å². The number of hydrogen-bond donors (Lipinski definition) is 4. The highest BCUT2D eigenvalue weighted by Crippen LogP contribution is 2.47. The molecule has 3 atom stereocenters. The van der Waals surface area contributed by atoms with Crippen molar-refractivity contribution in [3.63, 3.8) is 0 Å². The molecule has 0 saturated carbocycles. The van der Waals surface area contributed by atoms with E-state index in [0.717, 1.165) is 0 Å². The maximum atomic E-state index is 13.8. The molecule has 1 heterocycles. The lowest BCUT2D eigenvalue weighted by atomic mass is 9.77. The van der Waals surface area contributed by atoms with E-state index >= 15 is 0 Å². The number of carbonyl (C=O) groups excluding carboxylic acids is 2. The number of hydrogen-bond acceptors (Lipinski definition) is 4. The third-order valence-electron chi connectivity index (χ3n) is 4.54. The van der Waals surface area contributed by atoms with Crippen LogP contribution >= 0.6 is 31.9 Å². The number of Topliss-reactive ketones (excluding diaryl/α,β-unsaturated/α-hetero) is 1. The molecule has 0 radical (unpaired) electrons. The largest absolute Gasteiger partial charge is 0.506 e. The van der Waals surface area contributed by atoms with Gasteiger partial charge >= 0.3 is 12.2 Å². The maximum absolute atomic E-state index is 13.8. The molecular weight excluding hydrogens is 525 g/mol.